The Morgan fingerprint density at radius 1 is 1.25 bits per heavy atom. The highest BCUT2D eigenvalue weighted by Gasteiger charge is 2.00. The molecule has 0 aromatic heterocycles. The lowest BCUT2D eigenvalue weighted by atomic mass is 10.1. The summed E-state index contributed by atoms with van der Waals surface area (Å²) in [6.07, 6.45) is 1.46. The van der Waals surface area contributed by atoms with Crippen molar-refractivity contribution in [2.24, 2.45) is 0 Å². The summed E-state index contributed by atoms with van der Waals surface area (Å²) in [6, 6.07) is 10.2. The fraction of sp³-hybridized carbons (Fsp3) is 0.400. The van der Waals surface area contributed by atoms with Gasteiger partial charge in [-0.3, -0.25) is 0 Å². The lowest BCUT2D eigenvalue weighted by Crippen LogP contribution is -2.09. The highest BCUT2D eigenvalue weighted by atomic mass is 32.1. The molecule has 1 nitrogen and oxygen atoms in total. The van der Waals surface area contributed by atoms with Crippen LogP contribution in [-0.2, 0) is 6.42 Å². The van der Waals surface area contributed by atoms with Gasteiger partial charge < -0.3 is 5.11 Å². The first-order chi connectivity index (χ1) is 5.83. The molecule has 0 aliphatic heterocycles. The first-order valence-corrected chi connectivity index (χ1v) is 4.79. The number of thiol groups is 1. The molecule has 1 N–H and O–H groups in total. The molecule has 0 aliphatic carbocycles. The van der Waals surface area contributed by atoms with Crippen LogP contribution in [0.1, 0.15) is 12.0 Å². The van der Waals surface area contributed by atoms with Crippen LogP contribution in [0.3, 0.4) is 0 Å². The molecule has 1 aromatic carbocycles. The van der Waals surface area contributed by atoms with Gasteiger partial charge in [0.25, 0.3) is 0 Å². The fourth-order valence-corrected chi connectivity index (χ4v) is 1.25. The van der Waals surface area contributed by atoms with Crippen LogP contribution >= 0.6 is 12.6 Å². The van der Waals surface area contributed by atoms with Crippen LogP contribution in [0.4, 0.5) is 0 Å². The minimum Gasteiger partial charge on any atom is -0.392 e. The van der Waals surface area contributed by atoms with E-state index >= 15 is 0 Å². The maximum atomic E-state index is 9.24. The van der Waals surface area contributed by atoms with Crippen molar-refractivity contribution in [3.63, 3.8) is 0 Å². The summed E-state index contributed by atoms with van der Waals surface area (Å²) >= 11 is 4.01. The lowest BCUT2D eigenvalue weighted by molar-refractivity contribution is 0.190. The molecule has 1 rings (SSSR count). The molecule has 2 heteroatoms. The van der Waals surface area contributed by atoms with Crippen LogP contribution in [0.2, 0.25) is 0 Å². The molecule has 0 bridgehead atoms. The largest absolute Gasteiger partial charge is 0.392 e. The molecule has 0 fully saturated rings. The molecule has 0 spiro atoms. The van der Waals surface area contributed by atoms with Gasteiger partial charge in [-0.15, -0.1) is 0 Å². The Kier molecular flexibility index (Phi) is 4.19. The smallest absolute Gasteiger partial charge is 0.0631 e. The highest BCUT2D eigenvalue weighted by molar-refractivity contribution is 7.80. The average Bonchev–Trinajstić information content (AvgIpc) is 2.16. The Balaban J connectivity index is 2.33. The van der Waals surface area contributed by atoms with Crippen LogP contribution in [0.25, 0.3) is 0 Å². The van der Waals surface area contributed by atoms with E-state index < -0.39 is 0 Å². The zero-order chi connectivity index (χ0) is 8.81. The molecule has 1 aromatic rings. The zero-order valence-electron chi connectivity index (χ0n) is 6.98. The normalized spacial score (nSPS) is 12.8. The summed E-state index contributed by atoms with van der Waals surface area (Å²) in [6.45, 7) is 0. The van der Waals surface area contributed by atoms with Gasteiger partial charge in [0.2, 0.25) is 0 Å². The molecule has 66 valence electrons. The van der Waals surface area contributed by atoms with Crippen molar-refractivity contribution in [3.8, 4) is 0 Å². The molecule has 1 atom stereocenters. The van der Waals surface area contributed by atoms with Gasteiger partial charge in [0.05, 0.1) is 6.10 Å². The first-order valence-electron chi connectivity index (χ1n) is 4.16. The van der Waals surface area contributed by atoms with Crippen molar-refractivity contribution < 1.29 is 5.11 Å². The Bertz CT molecular complexity index is 210. The molecule has 0 radical (unpaired) electrons. The van der Waals surface area contributed by atoms with Gasteiger partial charge in [-0.2, -0.15) is 12.6 Å². The second kappa shape index (κ2) is 5.22. The maximum absolute atomic E-state index is 9.24. The van der Waals surface area contributed by atoms with E-state index in [4.69, 9.17) is 0 Å². The standard InChI is InChI=1S/C10H14OS/c11-10(8-12)7-6-9-4-2-1-3-5-9/h1-5,10-12H,6-8H2. The summed E-state index contributed by atoms with van der Waals surface area (Å²) in [5, 5.41) is 9.24. The average molecular weight is 182 g/mol. The predicted octanol–water partition coefficient (Wildman–Crippen LogP) is 1.91. The van der Waals surface area contributed by atoms with E-state index in [1.807, 2.05) is 18.2 Å². The van der Waals surface area contributed by atoms with E-state index in [1.54, 1.807) is 0 Å². The van der Waals surface area contributed by atoms with E-state index in [1.165, 1.54) is 5.56 Å². The van der Waals surface area contributed by atoms with Crippen LogP contribution < -0.4 is 0 Å². The third kappa shape index (κ3) is 3.28. The number of aliphatic hydroxyl groups is 1. The first kappa shape index (κ1) is 9.62. The summed E-state index contributed by atoms with van der Waals surface area (Å²) in [4.78, 5) is 0. The predicted molar refractivity (Wildman–Crippen MR) is 54.6 cm³/mol. The van der Waals surface area contributed by atoms with E-state index in [0.29, 0.717) is 5.75 Å². The number of rotatable bonds is 4. The van der Waals surface area contributed by atoms with Gasteiger partial charge >= 0.3 is 0 Å². The molecular weight excluding hydrogens is 168 g/mol. The third-order valence-corrected chi connectivity index (χ3v) is 2.24. The van der Waals surface area contributed by atoms with Crippen molar-refractivity contribution >= 4 is 12.6 Å². The van der Waals surface area contributed by atoms with E-state index in [2.05, 4.69) is 24.8 Å². The van der Waals surface area contributed by atoms with Crippen LogP contribution in [0.15, 0.2) is 30.3 Å². The van der Waals surface area contributed by atoms with E-state index in [-0.39, 0.29) is 6.10 Å². The highest BCUT2D eigenvalue weighted by Crippen LogP contribution is 2.05. The quantitative estimate of drug-likeness (QED) is 0.682. The number of aliphatic hydroxyl groups excluding tert-OH is 1. The van der Waals surface area contributed by atoms with Crippen molar-refractivity contribution in [2.45, 2.75) is 18.9 Å². The number of aryl methyl sites for hydroxylation is 1. The summed E-state index contributed by atoms with van der Waals surface area (Å²) in [7, 11) is 0. The van der Waals surface area contributed by atoms with Crippen molar-refractivity contribution in [1.82, 2.24) is 0 Å². The second-order valence-corrected chi connectivity index (χ2v) is 3.23. The minimum atomic E-state index is -0.270. The second-order valence-electron chi connectivity index (χ2n) is 2.86. The summed E-state index contributed by atoms with van der Waals surface area (Å²) in [5.74, 6) is 0.548. The summed E-state index contributed by atoms with van der Waals surface area (Å²) in [5.41, 5.74) is 1.28. The Labute approximate surface area is 78.8 Å². The van der Waals surface area contributed by atoms with Crippen LogP contribution in [0, 0.1) is 0 Å². The molecular formula is C10H14OS. The van der Waals surface area contributed by atoms with Crippen LogP contribution in [0.5, 0.6) is 0 Å². The molecule has 0 saturated carbocycles. The van der Waals surface area contributed by atoms with Gasteiger partial charge in [0.1, 0.15) is 0 Å². The summed E-state index contributed by atoms with van der Waals surface area (Å²) < 4.78 is 0. The van der Waals surface area contributed by atoms with Gasteiger partial charge in [-0.05, 0) is 18.4 Å². The number of benzene rings is 1. The molecule has 0 saturated heterocycles. The molecule has 12 heavy (non-hydrogen) atoms. The van der Waals surface area contributed by atoms with Crippen molar-refractivity contribution in [2.75, 3.05) is 5.75 Å². The Morgan fingerprint density at radius 2 is 1.92 bits per heavy atom. The number of hydrogen-bond acceptors (Lipinski definition) is 2. The SMILES string of the molecule is OC(CS)CCc1ccccc1. The van der Waals surface area contributed by atoms with Gasteiger partial charge in [-0.1, -0.05) is 30.3 Å². The van der Waals surface area contributed by atoms with E-state index in [9.17, 15) is 5.11 Å². The van der Waals surface area contributed by atoms with Gasteiger partial charge in [0.15, 0.2) is 0 Å². The molecule has 0 heterocycles. The Morgan fingerprint density at radius 3 is 2.50 bits per heavy atom. The number of hydrogen-bond donors (Lipinski definition) is 2. The Hall–Kier alpha value is -0.470. The van der Waals surface area contributed by atoms with Gasteiger partial charge in [-0.25, -0.2) is 0 Å². The minimum absolute atomic E-state index is 0.270. The molecule has 1 unspecified atom stereocenters. The zero-order valence-corrected chi connectivity index (χ0v) is 7.87. The van der Waals surface area contributed by atoms with E-state index in [0.717, 1.165) is 12.8 Å². The van der Waals surface area contributed by atoms with Gasteiger partial charge in [0, 0.05) is 5.75 Å². The lowest BCUT2D eigenvalue weighted by Gasteiger charge is -2.05. The molecule has 0 aliphatic rings. The molecule has 0 amide bonds. The topological polar surface area (TPSA) is 20.2 Å². The third-order valence-electron chi connectivity index (χ3n) is 1.82. The van der Waals surface area contributed by atoms with Crippen LogP contribution in [-0.4, -0.2) is 17.0 Å². The van der Waals surface area contributed by atoms with Crippen molar-refractivity contribution in [3.05, 3.63) is 35.9 Å². The van der Waals surface area contributed by atoms with Crippen molar-refractivity contribution in [1.29, 1.82) is 0 Å². The maximum Gasteiger partial charge on any atom is 0.0631 e. The fourth-order valence-electron chi connectivity index (χ4n) is 1.07. The monoisotopic (exact) mass is 182 g/mol.